The van der Waals surface area contributed by atoms with E-state index in [4.69, 9.17) is 5.11 Å². The first-order chi connectivity index (χ1) is 5.81. The first kappa shape index (κ1) is 19.0. The van der Waals surface area contributed by atoms with Crippen molar-refractivity contribution in [1.82, 2.24) is 0 Å². The summed E-state index contributed by atoms with van der Waals surface area (Å²) in [6.45, 7) is 9.15. The molecule has 0 aliphatic carbocycles. The van der Waals surface area contributed by atoms with Crippen LogP contribution in [0.2, 0.25) is 0 Å². The van der Waals surface area contributed by atoms with Gasteiger partial charge in [0.1, 0.15) is 0 Å². The van der Waals surface area contributed by atoms with Gasteiger partial charge in [-0.15, -0.1) is 0 Å². The first-order valence-electron chi connectivity index (χ1n) is 4.86. The zero-order chi connectivity index (χ0) is 9.82. The standard InChI is InChI=1S/C9H18O.C2H5.Zn/c1-3-5-6-7-8-9(10)4-2;1-2;/h7-10H,3-6H2,1-2H3;1H2,2H3;/q;-1;/b8-7+;;/t9-;;/m1../s1. The summed E-state index contributed by atoms with van der Waals surface area (Å²) in [6.07, 6.45) is 8.11. The van der Waals surface area contributed by atoms with Gasteiger partial charge in [-0.05, 0) is 12.8 Å². The van der Waals surface area contributed by atoms with Crippen LogP contribution >= 0.6 is 0 Å². The van der Waals surface area contributed by atoms with Gasteiger partial charge >= 0.3 is 0 Å². The molecule has 0 aromatic carbocycles. The summed E-state index contributed by atoms with van der Waals surface area (Å²) in [5.41, 5.74) is 0. The monoisotopic (exact) mass is 235 g/mol. The van der Waals surface area contributed by atoms with E-state index in [1.807, 2.05) is 13.0 Å². The van der Waals surface area contributed by atoms with Gasteiger partial charge in [-0.2, -0.15) is 6.92 Å². The number of aliphatic hydroxyl groups is 1. The molecule has 0 spiro atoms. The summed E-state index contributed by atoms with van der Waals surface area (Å²) in [5, 5.41) is 9.07. The van der Waals surface area contributed by atoms with Crippen molar-refractivity contribution in [3.8, 4) is 0 Å². The predicted octanol–water partition coefficient (Wildman–Crippen LogP) is 3.34. The van der Waals surface area contributed by atoms with Gasteiger partial charge in [0, 0.05) is 19.5 Å². The minimum Gasteiger partial charge on any atom is -0.389 e. The van der Waals surface area contributed by atoms with Crippen molar-refractivity contribution in [1.29, 1.82) is 0 Å². The van der Waals surface area contributed by atoms with E-state index < -0.39 is 0 Å². The average Bonchev–Trinajstić information content (AvgIpc) is 2.15. The molecule has 1 N–H and O–H groups in total. The van der Waals surface area contributed by atoms with E-state index in [0.717, 1.165) is 12.8 Å². The van der Waals surface area contributed by atoms with Crippen molar-refractivity contribution < 1.29 is 24.6 Å². The Morgan fingerprint density at radius 1 is 1.31 bits per heavy atom. The van der Waals surface area contributed by atoms with Crippen molar-refractivity contribution in [2.45, 2.75) is 52.6 Å². The predicted molar refractivity (Wildman–Crippen MR) is 56.0 cm³/mol. The second-order valence-electron chi connectivity index (χ2n) is 2.55. The largest absolute Gasteiger partial charge is 0.389 e. The first-order valence-corrected chi connectivity index (χ1v) is 4.86. The molecule has 0 saturated heterocycles. The number of hydrogen-bond acceptors (Lipinski definition) is 1. The van der Waals surface area contributed by atoms with Gasteiger partial charge in [0.25, 0.3) is 0 Å². The fraction of sp³-hybridized carbons (Fsp3) is 0.727. The summed E-state index contributed by atoms with van der Waals surface area (Å²) >= 11 is 0. The molecule has 0 aliphatic rings. The van der Waals surface area contributed by atoms with Crippen LogP contribution in [0.15, 0.2) is 12.2 Å². The van der Waals surface area contributed by atoms with E-state index in [-0.39, 0.29) is 25.6 Å². The van der Waals surface area contributed by atoms with Crippen LogP contribution in [-0.2, 0) is 19.5 Å². The Labute approximate surface area is 96.4 Å². The van der Waals surface area contributed by atoms with Gasteiger partial charge in [0.05, 0.1) is 6.10 Å². The van der Waals surface area contributed by atoms with Gasteiger partial charge in [-0.25, -0.2) is 0 Å². The molecule has 13 heavy (non-hydrogen) atoms. The molecule has 0 heterocycles. The molecule has 0 bridgehead atoms. The number of aliphatic hydroxyl groups excluding tert-OH is 1. The third-order valence-electron chi connectivity index (χ3n) is 1.50. The minimum absolute atomic E-state index is 0. The van der Waals surface area contributed by atoms with Crippen LogP contribution in [0.4, 0.5) is 0 Å². The molecule has 1 atom stereocenters. The van der Waals surface area contributed by atoms with Gasteiger partial charge in [0.15, 0.2) is 0 Å². The zero-order valence-corrected chi connectivity index (χ0v) is 12.4. The molecule has 0 unspecified atom stereocenters. The summed E-state index contributed by atoms with van der Waals surface area (Å²) < 4.78 is 0. The van der Waals surface area contributed by atoms with Crippen molar-refractivity contribution in [3.05, 3.63) is 19.1 Å². The Morgan fingerprint density at radius 2 is 1.85 bits per heavy atom. The molecule has 2 heteroatoms. The Morgan fingerprint density at radius 3 is 2.23 bits per heavy atom. The van der Waals surface area contributed by atoms with Gasteiger partial charge in [-0.3, -0.25) is 0 Å². The summed E-state index contributed by atoms with van der Waals surface area (Å²) in [5.74, 6) is 0. The summed E-state index contributed by atoms with van der Waals surface area (Å²) in [6, 6.07) is 0. The fourth-order valence-corrected chi connectivity index (χ4v) is 0.711. The Balaban J connectivity index is -0.000000309. The second-order valence-corrected chi connectivity index (χ2v) is 2.55. The third kappa shape index (κ3) is 19.0. The van der Waals surface area contributed by atoms with E-state index >= 15 is 0 Å². The van der Waals surface area contributed by atoms with Crippen LogP contribution in [0.25, 0.3) is 0 Å². The van der Waals surface area contributed by atoms with Gasteiger partial charge < -0.3 is 12.0 Å². The zero-order valence-electron chi connectivity index (χ0n) is 9.42. The number of hydrogen-bond donors (Lipinski definition) is 1. The number of unbranched alkanes of at least 4 members (excludes halogenated alkanes) is 2. The normalized spacial score (nSPS) is 11.5. The maximum atomic E-state index is 9.07. The molecule has 0 aliphatic heterocycles. The molecular formula is C11H23OZn-. The maximum absolute atomic E-state index is 9.07. The quantitative estimate of drug-likeness (QED) is 0.336. The van der Waals surface area contributed by atoms with E-state index in [0.29, 0.717) is 0 Å². The SMILES string of the molecule is CCCC/C=C/[C@H](O)CC.[CH2-]C.[Zn]. The van der Waals surface area contributed by atoms with Crippen molar-refractivity contribution >= 4 is 0 Å². The van der Waals surface area contributed by atoms with Crippen LogP contribution in [-0.4, -0.2) is 11.2 Å². The molecular weight excluding hydrogens is 214 g/mol. The molecule has 0 aromatic heterocycles. The molecule has 0 saturated carbocycles. The van der Waals surface area contributed by atoms with Crippen LogP contribution in [0.3, 0.4) is 0 Å². The molecule has 0 aromatic rings. The van der Waals surface area contributed by atoms with Gasteiger partial charge in [-0.1, -0.05) is 38.8 Å². The maximum Gasteiger partial charge on any atom is 0.0718 e. The molecule has 0 radical (unpaired) electrons. The van der Waals surface area contributed by atoms with Crippen molar-refractivity contribution in [2.75, 3.05) is 0 Å². The Hall–Kier alpha value is 0.323. The fourth-order valence-electron chi connectivity index (χ4n) is 0.711. The molecule has 1 nitrogen and oxygen atoms in total. The Bertz CT molecular complexity index is 92.1. The summed E-state index contributed by atoms with van der Waals surface area (Å²) in [7, 11) is 0. The van der Waals surface area contributed by atoms with Crippen LogP contribution in [0.1, 0.15) is 46.5 Å². The number of rotatable bonds is 5. The van der Waals surface area contributed by atoms with Gasteiger partial charge in [0.2, 0.25) is 0 Å². The molecule has 0 fully saturated rings. The third-order valence-corrected chi connectivity index (χ3v) is 1.50. The minimum atomic E-state index is -0.225. The van der Waals surface area contributed by atoms with Crippen LogP contribution < -0.4 is 0 Å². The van der Waals surface area contributed by atoms with E-state index in [9.17, 15) is 0 Å². The van der Waals surface area contributed by atoms with Crippen LogP contribution in [0, 0.1) is 6.92 Å². The molecule has 76 valence electrons. The van der Waals surface area contributed by atoms with E-state index in [1.165, 1.54) is 12.8 Å². The number of allylic oxidation sites excluding steroid dienone is 1. The Kier molecular flexibility index (Phi) is 26.5. The van der Waals surface area contributed by atoms with Crippen LogP contribution in [0.5, 0.6) is 0 Å². The second kappa shape index (κ2) is 18.2. The van der Waals surface area contributed by atoms with E-state index in [1.54, 1.807) is 6.92 Å². The van der Waals surface area contributed by atoms with Crippen molar-refractivity contribution in [2.24, 2.45) is 0 Å². The topological polar surface area (TPSA) is 20.2 Å². The average molecular weight is 237 g/mol. The molecule has 0 amide bonds. The smallest absolute Gasteiger partial charge is 0.0718 e. The van der Waals surface area contributed by atoms with Crippen molar-refractivity contribution in [3.63, 3.8) is 0 Å². The van der Waals surface area contributed by atoms with E-state index in [2.05, 4.69) is 19.9 Å². The molecule has 0 rings (SSSR count). The summed E-state index contributed by atoms with van der Waals surface area (Å²) in [4.78, 5) is 0.